The Labute approximate surface area is 205 Å². The van der Waals surface area contributed by atoms with Crippen molar-refractivity contribution in [2.75, 3.05) is 18.2 Å². The molecule has 4 rings (SSSR count). The van der Waals surface area contributed by atoms with E-state index in [4.69, 9.17) is 16.3 Å². The van der Waals surface area contributed by atoms with Gasteiger partial charge >= 0.3 is 0 Å². The zero-order valence-electron chi connectivity index (χ0n) is 18.5. The number of aryl methyl sites for hydroxylation is 2. The Hall–Kier alpha value is -2.88. The summed E-state index contributed by atoms with van der Waals surface area (Å²) >= 11 is 8.84. The Kier molecular flexibility index (Phi) is 7.02. The van der Waals surface area contributed by atoms with Crippen molar-refractivity contribution in [2.45, 2.75) is 19.0 Å². The van der Waals surface area contributed by atoms with Gasteiger partial charge in [-0.3, -0.25) is 4.79 Å². The van der Waals surface area contributed by atoms with Gasteiger partial charge in [0.1, 0.15) is 5.75 Å². The van der Waals surface area contributed by atoms with Crippen LogP contribution in [0.1, 0.15) is 11.1 Å². The van der Waals surface area contributed by atoms with E-state index < -0.39 is 0 Å². The number of hydrogen-bond donors (Lipinski definition) is 1. The van der Waals surface area contributed by atoms with E-state index >= 15 is 0 Å². The van der Waals surface area contributed by atoms with E-state index in [1.54, 1.807) is 25.3 Å². The second kappa shape index (κ2) is 9.94. The first-order chi connectivity index (χ1) is 15.9. The largest absolute Gasteiger partial charge is 0.496 e. The molecule has 0 radical (unpaired) electrons. The van der Waals surface area contributed by atoms with E-state index in [1.165, 1.54) is 34.2 Å². The van der Waals surface area contributed by atoms with E-state index in [0.717, 1.165) is 16.8 Å². The molecule has 170 valence electrons. The molecule has 0 aliphatic rings. The number of halogens is 1. The number of amides is 1. The van der Waals surface area contributed by atoms with Gasteiger partial charge in [0.25, 0.3) is 0 Å². The Morgan fingerprint density at radius 3 is 2.76 bits per heavy atom. The fraction of sp³-hybridized carbons (Fsp3) is 0.217. The van der Waals surface area contributed by atoms with Gasteiger partial charge in [-0.1, -0.05) is 35.5 Å². The second-order valence-electron chi connectivity index (χ2n) is 7.38. The molecule has 0 saturated carbocycles. The molecule has 0 aliphatic carbocycles. The van der Waals surface area contributed by atoms with Crippen LogP contribution in [-0.2, 0) is 11.8 Å². The molecule has 2 heterocycles. The van der Waals surface area contributed by atoms with Gasteiger partial charge < -0.3 is 14.6 Å². The third-order valence-electron chi connectivity index (χ3n) is 5.12. The summed E-state index contributed by atoms with van der Waals surface area (Å²) in [5.41, 5.74) is 5.06. The van der Waals surface area contributed by atoms with Gasteiger partial charge in [0, 0.05) is 23.0 Å². The lowest BCUT2D eigenvalue weighted by atomic mass is 10.1. The molecule has 2 aromatic heterocycles. The van der Waals surface area contributed by atoms with Gasteiger partial charge in [-0.15, -0.1) is 21.5 Å². The molecule has 4 aromatic rings. The maximum Gasteiger partial charge on any atom is 0.236 e. The predicted octanol–water partition coefficient (Wildman–Crippen LogP) is 5.62. The molecule has 0 spiro atoms. The van der Waals surface area contributed by atoms with E-state index in [-0.39, 0.29) is 11.7 Å². The van der Waals surface area contributed by atoms with Crippen LogP contribution >= 0.6 is 34.7 Å². The van der Waals surface area contributed by atoms with Crippen molar-refractivity contribution in [3.63, 3.8) is 0 Å². The molecule has 0 bridgehead atoms. The lowest BCUT2D eigenvalue weighted by Crippen LogP contribution is -2.14. The Balaban J connectivity index is 1.41. The average molecular weight is 500 g/mol. The number of carbonyl (C=O) groups excluding carboxylic acids is 1. The zero-order chi connectivity index (χ0) is 23.5. The van der Waals surface area contributed by atoms with Crippen LogP contribution < -0.4 is 10.1 Å². The second-order valence-corrected chi connectivity index (χ2v) is 9.62. The molecule has 7 nitrogen and oxygen atoms in total. The highest BCUT2D eigenvalue weighted by atomic mass is 35.5. The van der Waals surface area contributed by atoms with Crippen LogP contribution in [0, 0.1) is 13.8 Å². The normalized spacial score (nSPS) is 10.9. The van der Waals surface area contributed by atoms with E-state index in [2.05, 4.69) is 46.5 Å². The molecule has 1 N–H and O–H groups in total. The van der Waals surface area contributed by atoms with Crippen molar-refractivity contribution >= 4 is 45.7 Å². The fourth-order valence-electron chi connectivity index (χ4n) is 3.18. The number of methoxy groups -OCH3 is 1. The molecular formula is C23H22ClN5O2S2. The smallest absolute Gasteiger partial charge is 0.236 e. The number of aromatic nitrogens is 4. The highest BCUT2D eigenvalue weighted by molar-refractivity contribution is 7.99. The number of rotatable bonds is 7. The van der Waals surface area contributed by atoms with Gasteiger partial charge in [0.2, 0.25) is 5.91 Å². The minimum absolute atomic E-state index is 0.161. The Morgan fingerprint density at radius 2 is 2.00 bits per heavy atom. The van der Waals surface area contributed by atoms with Gasteiger partial charge in [-0.2, -0.15) is 0 Å². The summed E-state index contributed by atoms with van der Waals surface area (Å²) < 4.78 is 7.23. The van der Waals surface area contributed by atoms with Gasteiger partial charge in [-0.25, -0.2) is 4.98 Å². The highest BCUT2D eigenvalue weighted by Gasteiger charge is 2.17. The van der Waals surface area contributed by atoms with Crippen LogP contribution in [-0.4, -0.2) is 38.5 Å². The number of hydrogen-bond acceptors (Lipinski definition) is 7. The van der Waals surface area contributed by atoms with Gasteiger partial charge in [-0.05, 0) is 49.2 Å². The number of benzene rings is 2. The monoisotopic (exact) mass is 499 g/mol. The molecule has 2 aromatic carbocycles. The highest BCUT2D eigenvalue weighted by Crippen LogP contribution is 2.33. The first-order valence-electron chi connectivity index (χ1n) is 10.0. The molecule has 0 fully saturated rings. The van der Waals surface area contributed by atoms with E-state index in [1.807, 2.05) is 23.1 Å². The third-order valence-corrected chi connectivity index (χ3v) is 7.14. The van der Waals surface area contributed by atoms with E-state index in [0.29, 0.717) is 26.9 Å². The standard InChI is InChI=1S/C23H22ClN5O2S2/c1-13-5-6-15(9-14(13)2)18-11-32-22(25-18)26-20(30)12-33-23-28-27-21(29(23)3)17-10-16(24)7-8-19(17)31-4/h5-11H,12H2,1-4H3,(H,25,26,30). The summed E-state index contributed by atoms with van der Waals surface area (Å²) in [6, 6.07) is 11.5. The number of nitrogens with zero attached hydrogens (tertiary/aromatic N) is 4. The maximum absolute atomic E-state index is 12.5. The Morgan fingerprint density at radius 1 is 1.18 bits per heavy atom. The molecule has 10 heteroatoms. The summed E-state index contributed by atoms with van der Waals surface area (Å²) in [5.74, 6) is 1.27. The third kappa shape index (κ3) is 5.21. The minimum atomic E-state index is -0.161. The summed E-state index contributed by atoms with van der Waals surface area (Å²) in [6.07, 6.45) is 0. The number of ether oxygens (including phenoxy) is 1. The van der Waals surface area contributed by atoms with Crippen molar-refractivity contribution in [3.8, 4) is 28.4 Å². The minimum Gasteiger partial charge on any atom is -0.496 e. The van der Waals surface area contributed by atoms with Crippen molar-refractivity contribution in [1.82, 2.24) is 19.7 Å². The molecule has 0 aliphatic heterocycles. The van der Waals surface area contributed by atoms with Crippen LogP contribution in [0.4, 0.5) is 5.13 Å². The first-order valence-corrected chi connectivity index (χ1v) is 12.3. The molecule has 0 atom stereocenters. The van der Waals surface area contributed by atoms with Crippen molar-refractivity contribution in [3.05, 3.63) is 57.9 Å². The molecule has 0 unspecified atom stereocenters. The van der Waals surface area contributed by atoms with Crippen molar-refractivity contribution in [1.29, 1.82) is 0 Å². The lowest BCUT2D eigenvalue weighted by Gasteiger charge is -2.09. The quantitative estimate of drug-likeness (QED) is 0.332. The van der Waals surface area contributed by atoms with Crippen LogP contribution in [0.2, 0.25) is 5.02 Å². The fourth-order valence-corrected chi connectivity index (χ4v) is 4.80. The van der Waals surface area contributed by atoms with Crippen LogP contribution in [0.3, 0.4) is 0 Å². The molecule has 1 amide bonds. The van der Waals surface area contributed by atoms with Crippen molar-refractivity contribution in [2.24, 2.45) is 7.05 Å². The predicted molar refractivity (Wildman–Crippen MR) is 134 cm³/mol. The van der Waals surface area contributed by atoms with Crippen LogP contribution in [0.5, 0.6) is 5.75 Å². The van der Waals surface area contributed by atoms with E-state index in [9.17, 15) is 4.79 Å². The summed E-state index contributed by atoms with van der Waals surface area (Å²) in [5, 5.41) is 15.0. The van der Waals surface area contributed by atoms with Crippen LogP contribution in [0.15, 0.2) is 46.9 Å². The SMILES string of the molecule is COc1ccc(Cl)cc1-c1nnc(SCC(=O)Nc2nc(-c3ccc(C)c(C)c3)cs2)n1C. The number of thiazole rings is 1. The maximum atomic E-state index is 12.5. The topological polar surface area (TPSA) is 81.9 Å². The first kappa shape index (κ1) is 23.3. The molecule has 33 heavy (non-hydrogen) atoms. The van der Waals surface area contributed by atoms with Crippen LogP contribution in [0.25, 0.3) is 22.6 Å². The number of carbonyl (C=O) groups is 1. The number of thioether (sulfide) groups is 1. The lowest BCUT2D eigenvalue weighted by molar-refractivity contribution is -0.113. The molecular weight excluding hydrogens is 478 g/mol. The van der Waals surface area contributed by atoms with Crippen molar-refractivity contribution < 1.29 is 9.53 Å². The summed E-state index contributed by atoms with van der Waals surface area (Å²) in [4.78, 5) is 17.1. The molecule has 0 saturated heterocycles. The average Bonchev–Trinajstić information content (AvgIpc) is 3.40. The Bertz CT molecular complexity index is 1320. The summed E-state index contributed by atoms with van der Waals surface area (Å²) in [7, 11) is 3.43. The number of anilines is 1. The van der Waals surface area contributed by atoms with Gasteiger partial charge in [0.15, 0.2) is 16.1 Å². The van der Waals surface area contributed by atoms with Gasteiger partial charge in [0.05, 0.1) is 24.1 Å². The summed E-state index contributed by atoms with van der Waals surface area (Å²) in [6.45, 7) is 4.15. The zero-order valence-corrected chi connectivity index (χ0v) is 20.9. The number of nitrogens with one attached hydrogen (secondary N) is 1.